The molecular formula is C21H29N3. The highest BCUT2D eigenvalue weighted by Gasteiger charge is 2.28. The van der Waals surface area contributed by atoms with E-state index in [-0.39, 0.29) is 0 Å². The quantitative estimate of drug-likeness (QED) is 0.777. The van der Waals surface area contributed by atoms with E-state index in [9.17, 15) is 0 Å². The molecule has 0 amide bonds. The minimum absolute atomic E-state index is 0.427. The molecule has 0 aliphatic carbocycles. The van der Waals surface area contributed by atoms with Crippen LogP contribution in [0.5, 0.6) is 0 Å². The number of hydrogen-bond acceptors (Lipinski definition) is 3. The smallest absolute Gasteiger partial charge is 0.159 e. The number of rotatable bonds is 2. The Morgan fingerprint density at radius 1 is 0.917 bits per heavy atom. The highest BCUT2D eigenvalue weighted by atomic mass is 15.1. The molecule has 24 heavy (non-hydrogen) atoms. The lowest BCUT2D eigenvalue weighted by molar-refractivity contribution is 0.199. The van der Waals surface area contributed by atoms with E-state index in [4.69, 9.17) is 0 Å². The van der Waals surface area contributed by atoms with Gasteiger partial charge in [-0.3, -0.25) is 0 Å². The summed E-state index contributed by atoms with van der Waals surface area (Å²) in [5.74, 6) is 1.65. The van der Waals surface area contributed by atoms with Crippen molar-refractivity contribution in [3.05, 3.63) is 41.7 Å². The first-order chi connectivity index (χ1) is 11.3. The van der Waals surface area contributed by atoms with Gasteiger partial charge in [0.05, 0.1) is 0 Å². The molecule has 0 bridgehead atoms. The van der Waals surface area contributed by atoms with Gasteiger partial charge >= 0.3 is 0 Å². The van der Waals surface area contributed by atoms with Crippen LogP contribution in [0.25, 0.3) is 11.4 Å². The van der Waals surface area contributed by atoms with E-state index in [1.54, 1.807) is 0 Å². The van der Waals surface area contributed by atoms with Crippen LogP contribution in [-0.4, -0.2) is 23.1 Å². The van der Waals surface area contributed by atoms with Gasteiger partial charge in [0.2, 0.25) is 0 Å². The molecule has 0 spiro atoms. The molecule has 1 saturated heterocycles. The van der Waals surface area contributed by atoms with Crippen LogP contribution in [0.15, 0.2) is 30.3 Å². The van der Waals surface area contributed by atoms with Gasteiger partial charge in [-0.2, -0.15) is 0 Å². The number of benzene rings is 1. The average Bonchev–Trinajstić information content (AvgIpc) is 2.53. The number of hydrogen-bond donors (Lipinski definition) is 0. The van der Waals surface area contributed by atoms with E-state index >= 15 is 0 Å². The summed E-state index contributed by atoms with van der Waals surface area (Å²) in [5.41, 5.74) is 4.87. The van der Waals surface area contributed by atoms with Crippen molar-refractivity contribution in [2.24, 2.45) is 11.3 Å². The molecule has 1 aliphatic heterocycles. The zero-order valence-electron chi connectivity index (χ0n) is 15.6. The van der Waals surface area contributed by atoms with Crippen LogP contribution in [0, 0.1) is 25.2 Å². The Kier molecular flexibility index (Phi) is 4.62. The monoisotopic (exact) mass is 323 g/mol. The number of nitrogens with zero attached hydrogens (tertiary/aromatic N) is 3. The highest BCUT2D eigenvalue weighted by molar-refractivity contribution is 5.60. The second-order valence-corrected chi connectivity index (χ2v) is 8.15. The van der Waals surface area contributed by atoms with E-state index in [1.165, 1.54) is 18.5 Å². The predicted octanol–water partition coefficient (Wildman–Crippen LogP) is 5.02. The molecule has 2 aromatic rings. The number of piperidine rings is 1. The maximum atomic E-state index is 4.56. The SMILES string of the molecule is Cc1cc(C)nc(-c2ccc(N3CCC(C(C)(C)C)CC3)cc2)n1. The summed E-state index contributed by atoms with van der Waals surface area (Å²) in [6.07, 6.45) is 2.57. The second kappa shape index (κ2) is 6.54. The van der Waals surface area contributed by atoms with E-state index in [0.29, 0.717) is 5.41 Å². The fourth-order valence-electron chi connectivity index (χ4n) is 3.68. The fourth-order valence-corrected chi connectivity index (χ4v) is 3.68. The van der Waals surface area contributed by atoms with Gasteiger partial charge in [-0.1, -0.05) is 20.8 Å². The third-order valence-electron chi connectivity index (χ3n) is 5.19. The summed E-state index contributed by atoms with van der Waals surface area (Å²) in [5, 5.41) is 0. The topological polar surface area (TPSA) is 29.0 Å². The number of aromatic nitrogens is 2. The first-order valence-electron chi connectivity index (χ1n) is 9.00. The molecule has 0 unspecified atom stereocenters. The van der Waals surface area contributed by atoms with Gasteiger partial charge in [-0.25, -0.2) is 9.97 Å². The Morgan fingerprint density at radius 3 is 1.96 bits per heavy atom. The minimum Gasteiger partial charge on any atom is -0.372 e. The Bertz CT molecular complexity index is 670. The highest BCUT2D eigenvalue weighted by Crippen LogP contribution is 2.35. The van der Waals surface area contributed by atoms with Crippen molar-refractivity contribution in [2.75, 3.05) is 18.0 Å². The number of aryl methyl sites for hydroxylation is 2. The lowest BCUT2D eigenvalue weighted by Gasteiger charge is -2.39. The predicted molar refractivity (Wildman–Crippen MR) is 101 cm³/mol. The molecule has 1 aromatic carbocycles. The van der Waals surface area contributed by atoms with Crippen LogP contribution in [0.3, 0.4) is 0 Å². The van der Waals surface area contributed by atoms with Gasteiger partial charge in [0, 0.05) is 35.7 Å². The Balaban J connectivity index is 1.71. The molecule has 3 heteroatoms. The zero-order chi connectivity index (χ0) is 17.3. The molecule has 0 saturated carbocycles. The molecule has 0 N–H and O–H groups in total. The van der Waals surface area contributed by atoms with Gasteiger partial charge in [0.1, 0.15) is 0 Å². The fraction of sp³-hybridized carbons (Fsp3) is 0.524. The van der Waals surface area contributed by atoms with Crippen LogP contribution in [0.4, 0.5) is 5.69 Å². The lowest BCUT2D eigenvalue weighted by atomic mass is 9.75. The first-order valence-corrected chi connectivity index (χ1v) is 9.00. The standard InChI is InChI=1S/C21H29N3/c1-15-14-16(2)23-20(22-15)17-6-8-19(9-7-17)24-12-10-18(11-13-24)21(3,4)5/h6-9,14,18H,10-13H2,1-5H3. The van der Waals surface area contributed by atoms with Crippen molar-refractivity contribution in [3.63, 3.8) is 0 Å². The second-order valence-electron chi connectivity index (χ2n) is 8.15. The molecule has 2 heterocycles. The molecule has 128 valence electrons. The maximum Gasteiger partial charge on any atom is 0.159 e. The Morgan fingerprint density at radius 2 is 1.46 bits per heavy atom. The molecule has 3 nitrogen and oxygen atoms in total. The maximum absolute atomic E-state index is 4.56. The summed E-state index contributed by atoms with van der Waals surface area (Å²) < 4.78 is 0. The third kappa shape index (κ3) is 3.77. The van der Waals surface area contributed by atoms with Gasteiger partial charge in [-0.05, 0) is 68.4 Å². The van der Waals surface area contributed by atoms with Gasteiger partial charge < -0.3 is 4.90 Å². The van der Waals surface area contributed by atoms with Crippen molar-refractivity contribution >= 4 is 5.69 Å². The molecule has 1 fully saturated rings. The lowest BCUT2D eigenvalue weighted by Crippen LogP contribution is -2.37. The largest absolute Gasteiger partial charge is 0.372 e. The molecule has 0 radical (unpaired) electrons. The zero-order valence-corrected chi connectivity index (χ0v) is 15.6. The van der Waals surface area contributed by atoms with E-state index < -0.39 is 0 Å². The van der Waals surface area contributed by atoms with Crippen LogP contribution in [0.2, 0.25) is 0 Å². The van der Waals surface area contributed by atoms with Crippen LogP contribution in [-0.2, 0) is 0 Å². The molecule has 1 aromatic heterocycles. The van der Waals surface area contributed by atoms with Gasteiger partial charge in [0.25, 0.3) is 0 Å². The summed E-state index contributed by atoms with van der Waals surface area (Å²) in [6.45, 7) is 13.4. The van der Waals surface area contributed by atoms with Gasteiger partial charge in [0.15, 0.2) is 5.82 Å². The summed E-state index contributed by atoms with van der Waals surface area (Å²) in [7, 11) is 0. The van der Waals surface area contributed by atoms with Crippen LogP contribution < -0.4 is 4.90 Å². The van der Waals surface area contributed by atoms with Crippen molar-refractivity contribution in [1.82, 2.24) is 9.97 Å². The summed E-state index contributed by atoms with van der Waals surface area (Å²) in [6, 6.07) is 10.7. The van der Waals surface area contributed by atoms with Crippen molar-refractivity contribution < 1.29 is 0 Å². The van der Waals surface area contributed by atoms with E-state index in [1.807, 2.05) is 19.9 Å². The van der Waals surface area contributed by atoms with Crippen molar-refractivity contribution in [1.29, 1.82) is 0 Å². The molecule has 1 aliphatic rings. The van der Waals surface area contributed by atoms with Gasteiger partial charge in [-0.15, -0.1) is 0 Å². The molecule has 0 atom stereocenters. The van der Waals surface area contributed by atoms with E-state index in [0.717, 1.165) is 41.8 Å². The van der Waals surface area contributed by atoms with Crippen LogP contribution in [0.1, 0.15) is 45.0 Å². The Labute approximate surface area is 146 Å². The van der Waals surface area contributed by atoms with Crippen LogP contribution >= 0.6 is 0 Å². The summed E-state index contributed by atoms with van der Waals surface area (Å²) in [4.78, 5) is 11.6. The minimum atomic E-state index is 0.427. The summed E-state index contributed by atoms with van der Waals surface area (Å²) >= 11 is 0. The van der Waals surface area contributed by atoms with Crippen molar-refractivity contribution in [2.45, 2.75) is 47.5 Å². The number of anilines is 1. The molecular weight excluding hydrogens is 294 g/mol. The molecule has 3 rings (SSSR count). The Hall–Kier alpha value is -1.90. The van der Waals surface area contributed by atoms with Crippen molar-refractivity contribution in [3.8, 4) is 11.4 Å². The van der Waals surface area contributed by atoms with E-state index in [2.05, 4.69) is 59.9 Å². The average molecular weight is 323 g/mol. The third-order valence-corrected chi connectivity index (χ3v) is 5.19. The normalized spacial score (nSPS) is 16.5. The first kappa shape index (κ1) is 16.9.